The third kappa shape index (κ3) is 2.80. The monoisotopic (exact) mass is 313 g/mol. The van der Waals surface area contributed by atoms with E-state index < -0.39 is 5.97 Å². The predicted molar refractivity (Wildman–Crippen MR) is 87.9 cm³/mol. The third-order valence-electron chi connectivity index (χ3n) is 3.22. The number of hydrazone groups is 1. The van der Waals surface area contributed by atoms with Crippen LogP contribution < -0.4 is 5.43 Å². The van der Waals surface area contributed by atoms with Gasteiger partial charge in [0, 0.05) is 22.7 Å². The predicted octanol–water partition coefficient (Wildman–Crippen LogP) is 3.97. The third-order valence-corrected chi connectivity index (χ3v) is 3.55. The number of para-hydroxylation sites is 1. The van der Waals surface area contributed by atoms with Crippen LogP contribution in [0, 0.1) is 0 Å². The Morgan fingerprint density at radius 1 is 1.27 bits per heavy atom. The minimum Gasteiger partial charge on any atom is -0.478 e. The molecule has 5 nitrogen and oxygen atoms in total. The van der Waals surface area contributed by atoms with Crippen molar-refractivity contribution in [3.63, 3.8) is 0 Å². The van der Waals surface area contributed by atoms with Crippen LogP contribution in [0.25, 0.3) is 10.9 Å². The topological polar surface area (TPSA) is 77.5 Å². The first-order chi connectivity index (χ1) is 10.6. The first-order valence-corrected chi connectivity index (χ1v) is 6.91. The lowest BCUT2D eigenvalue weighted by Crippen LogP contribution is -1.98. The van der Waals surface area contributed by atoms with E-state index in [1.165, 1.54) is 18.2 Å². The second-order valence-electron chi connectivity index (χ2n) is 4.66. The Bertz CT molecular complexity index is 871. The molecule has 0 saturated heterocycles. The lowest BCUT2D eigenvalue weighted by atomic mass is 10.2. The minimum absolute atomic E-state index is 0.147. The average molecular weight is 314 g/mol. The number of aromatic nitrogens is 1. The molecule has 0 fully saturated rings. The standard InChI is InChI=1S/C16H12ClN3O2/c17-13-6-5-10(16(21)22)7-15(13)20-19-9-11-8-18-14-4-2-1-3-12(11)14/h1-9,18,20H,(H,21,22)/b19-9+. The second-order valence-corrected chi connectivity index (χ2v) is 5.07. The van der Waals surface area contributed by atoms with Gasteiger partial charge in [-0.15, -0.1) is 0 Å². The molecule has 0 bridgehead atoms. The molecule has 0 aliphatic carbocycles. The summed E-state index contributed by atoms with van der Waals surface area (Å²) in [5.74, 6) is -1.01. The zero-order valence-electron chi connectivity index (χ0n) is 11.4. The van der Waals surface area contributed by atoms with Crippen molar-refractivity contribution < 1.29 is 9.90 Å². The van der Waals surface area contributed by atoms with Crippen molar-refractivity contribution >= 4 is 40.4 Å². The van der Waals surface area contributed by atoms with Gasteiger partial charge in [0.25, 0.3) is 0 Å². The van der Waals surface area contributed by atoms with Crippen LogP contribution in [0.4, 0.5) is 5.69 Å². The summed E-state index contributed by atoms with van der Waals surface area (Å²) in [4.78, 5) is 14.1. The van der Waals surface area contributed by atoms with Gasteiger partial charge in [-0.1, -0.05) is 29.8 Å². The smallest absolute Gasteiger partial charge is 0.335 e. The lowest BCUT2D eigenvalue weighted by Gasteiger charge is -2.04. The van der Waals surface area contributed by atoms with Crippen molar-refractivity contribution in [1.82, 2.24) is 4.98 Å². The van der Waals surface area contributed by atoms with E-state index in [2.05, 4.69) is 15.5 Å². The molecule has 2 aromatic carbocycles. The van der Waals surface area contributed by atoms with Crippen LogP contribution in [0.1, 0.15) is 15.9 Å². The number of rotatable bonds is 4. The van der Waals surface area contributed by atoms with Crippen molar-refractivity contribution in [2.45, 2.75) is 0 Å². The summed E-state index contributed by atoms with van der Waals surface area (Å²) in [7, 11) is 0. The van der Waals surface area contributed by atoms with Gasteiger partial charge in [-0.3, -0.25) is 5.43 Å². The van der Waals surface area contributed by atoms with Gasteiger partial charge >= 0.3 is 5.97 Å². The number of H-pyrrole nitrogens is 1. The second kappa shape index (κ2) is 5.91. The van der Waals surface area contributed by atoms with Gasteiger partial charge in [0.2, 0.25) is 0 Å². The molecule has 0 aliphatic heterocycles. The molecule has 0 atom stereocenters. The number of carboxylic acids is 1. The first-order valence-electron chi connectivity index (χ1n) is 6.53. The average Bonchev–Trinajstić information content (AvgIpc) is 2.92. The van der Waals surface area contributed by atoms with Crippen LogP contribution in [-0.4, -0.2) is 22.3 Å². The summed E-state index contributed by atoms with van der Waals surface area (Å²) in [6.07, 6.45) is 3.51. The molecule has 0 aliphatic rings. The minimum atomic E-state index is -1.01. The van der Waals surface area contributed by atoms with E-state index in [-0.39, 0.29) is 5.56 Å². The van der Waals surface area contributed by atoms with Gasteiger partial charge in [-0.05, 0) is 24.3 Å². The molecule has 3 aromatic rings. The molecule has 3 N–H and O–H groups in total. The van der Waals surface area contributed by atoms with E-state index in [1.807, 2.05) is 30.5 Å². The van der Waals surface area contributed by atoms with E-state index >= 15 is 0 Å². The number of halogens is 1. The fourth-order valence-corrected chi connectivity index (χ4v) is 2.28. The lowest BCUT2D eigenvalue weighted by molar-refractivity contribution is 0.0697. The van der Waals surface area contributed by atoms with E-state index in [4.69, 9.17) is 16.7 Å². The normalized spacial score (nSPS) is 11.1. The zero-order valence-corrected chi connectivity index (χ0v) is 12.1. The molecule has 22 heavy (non-hydrogen) atoms. The number of carboxylic acid groups (broad SMARTS) is 1. The van der Waals surface area contributed by atoms with Crippen molar-refractivity contribution in [3.8, 4) is 0 Å². The van der Waals surface area contributed by atoms with E-state index in [9.17, 15) is 4.79 Å². The molecule has 1 aromatic heterocycles. The molecule has 0 radical (unpaired) electrons. The quantitative estimate of drug-likeness (QED) is 0.504. The van der Waals surface area contributed by atoms with Crippen LogP contribution in [0.15, 0.2) is 53.8 Å². The molecule has 3 rings (SSSR count). The van der Waals surface area contributed by atoms with Crippen molar-refractivity contribution in [2.24, 2.45) is 5.10 Å². The fraction of sp³-hybridized carbons (Fsp3) is 0. The maximum Gasteiger partial charge on any atom is 0.335 e. The highest BCUT2D eigenvalue weighted by atomic mass is 35.5. The van der Waals surface area contributed by atoms with Crippen LogP contribution in [0.3, 0.4) is 0 Å². The van der Waals surface area contributed by atoms with Gasteiger partial charge in [0.1, 0.15) is 0 Å². The number of benzene rings is 2. The molecule has 1 heterocycles. The van der Waals surface area contributed by atoms with E-state index in [0.29, 0.717) is 10.7 Å². The zero-order chi connectivity index (χ0) is 15.5. The summed E-state index contributed by atoms with van der Waals surface area (Å²) in [6, 6.07) is 12.3. The van der Waals surface area contributed by atoms with Crippen LogP contribution in [-0.2, 0) is 0 Å². The fourth-order valence-electron chi connectivity index (χ4n) is 2.12. The summed E-state index contributed by atoms with van der Waals surface area (Å²) < 4.78 is 0. The number of anilines is 1. The van der Waals surface area contributed by atoms with Crippen molar-refractivity contribution in [3.05, 3.63) is 64.8 Å². The molecule has 0 saturated carbocycles. The Kier molecular flexibility index (Phi) is 3.80. The SMILES string of the molecule is O=C(O)c1ccc(Cl)c(N/N=C/c2c[nH]c3ccccc23)c1. The number of aromatic carboxylic acids is 1. The molecule has 110 valence electrons. The Morgan fingerprint density at radius 2 is 2.09 bits per heavy atom. The van der Waals surface area contributed by atoms with Gasteiger partial charge in [-0.25, -0.2) is 4.79 Å². The van der Waals surface area contributed by atoms with Gasteiger partial charge in [0.05, 0.1) is 22.5 Å². The van der Waals surface area contributed by atoms with Crippen molar-refractivity contribution in [1.29, 1.82) is 0 Å². The Labute approximate surface area is 131 Å². The number of hydrogen-bond donors (Lipinski definition) is 3. The van der Waals surface area contributed by atoms with E-state index in [1.54, 1.807) is 6.21 Å². The highest BCUT2D eigenvalue weighted by Gasteiger charge is 2.06. The van der Waals surface area contributed by atoms with Gasteiger partial charge in [0.15, 0.2) is 0 Å². The highest BCUT2D eigenvalue weighted by molar-refractivity contribution is 6.33. The highest BCUT2D eigenvalue weighted by Crippen LogP contribution is 2.23. The first kappa shape index (κ1) is 14.2. The number of nitrogens with one attached hydrogen (secondary N) is 2. The van der Waals surface area contributed by atoms with Crippen LogP contribution >= 0.6 is 11.6 Å². The summed E-state index contributed by atoms with van der Waals surface area (Å²) >= 11 is 6.02. The van der Waals surface area contributed by atoms with Crippen LogP contribution in [0.2, 0.25) is 5.02 Å². The van der Waals surface area contributed by atoms with E-state index in [0.717, 1.165) is 16.5 Å². The summed E-state index contributed by atoms with van der Waals surface area (Å²) in [5.41, 5.74) is 5.31. The Morgan fingerprint density at radius 3 is 2.91 bits per heavy atom. The Balaban J connectivity index is 1.83. The molecule has 6 heteroatoms. The number of hydrogen-bond acceptors (Lipinski definition) is 3. The Hall–Kier alpha value is -2.79. The molecule has 0 unspecified atom stereocenters. The van der Waals surface area contributed by atoms with Gasteiger partial charge < -0.3 is 10.1 Å². The van der Waals surface area contributed by atoms with Crippen molar-refractivity contribution in [2.75, 3.05) is 5.43 Å². The molecular weight excluding hydrogens is 302 g/mol. The number of aromatic amines is 1. The van der Waals surface area contributed by atoms with Gasteiger partial charge in [-0.2, -0.15) is 5.10 Å². The molecule has 0 spiro atoms. The molecule has 0 amide bonds. The largest absolute Gasteiger partial charge is 0.478 e. The maximum absolute atomic E-state index is 11.0. The number of nitrogens with zero attached hydrogens (tertiary/aromatic N) is 1. The molecular formula is C16H12ClN3O2. The summed E-state index contributed by atoms with van der Waals surface area (Å²) in [6.45, 7) is 0. The number of fused-ring (bicyclic) bond motifs is 1. The summed E-state index contributed by atoms with van der Waals surface area (Å²) in [5, 5.41) is 14.6. The maximum atomic E-state index is 11.0. The number of carbonyl (C=O) groups is 1. The van der Waals surface area contributed by atoms with Crippen LogP contribution in [0.5, 0.6) is 0 Å².